The molecule has 6 heteroatoms. The van der Waals surface area contributed by atoms with Crippen molar-refractivity contribution in [1.82, 2.24) is 5.32 Å². The number of carboxylic acids is 1. The second-order valence-electron chi connectivity index (χ2n) is 3.51. The van der Waals surface area contributed by atoms with Crippen molar-refractivity contribution < 1.29 is 23.8 Å². The molecule has 0 atom stereocenters. The smallest absolute Gasteiger partial charge is 0.339 e. The van der Waals surface area contributed by atoms with Crippen LogP contribution in [0.3, 0.4) is 0 Å². The van der Waals surface area contributed by atoms with Crippen molar-refractivity contribution in [2.45, 2.75) is 19.9 Å². The van der Waals surface area contributed by atoms with Crippen molar-refractivity contribution in [3.63, 3.8) is 0 Å². The van der Waals surface area contributed by atoms with E-state index in [2.05, 4.69) is 5.32 Å². The summed E-state index contributed by atoms with van der Waals surface area (Å²) < 4.78 is 9.96. The lowest BCUT2D eigenvalue weighted by Crippen LogP contribution is -2.23. The minimum absolute atomic E-state index is 0.117. The lowest BCUT2D eigenvalue weighted by atomic mass is 10.2. The SMILES string of the molecule is COCCC(=O)NCc1cc(C(=O)O)c(C)o1. The van der Waals surface area contributed by atoms with Gasteiger partial charge in [-0.1, -0.05) is 0 Å². The third-order valence-corrected chi connectivity index (χ3v) is 2.19. The number of carbonyl (C=O) groups excluding carboxylic acids is 1. The molecule has 0 spiro atoms. The summed E-state index contributed by atoms with van der Waals surface area (Å²) in [6.45, 7) is 2.10. The summed E-state index contributed by atoms with van der Waals surface area (Å²) in [6, 6.07) is 1.41. The van der Waals surface area contributed by atoms with Gasteiger partial charge in [0.05, 0.1) is 13.2 Å². The van der Waals surface area contributed by atoms with Crippen LogP contribution in [0.2, 0.25) is 0 Å². The van der Waals surface area contributed by atoms with Gasteiger partial charge in [-0.05, 0) is 13.0 Å². The Morgan fingerprint density at radius 3 is 2.76 bits per heavy atom. The first-order valence-electron chi connectivity index (χ1n) is 5.13. The van der Waals surface area contributed by atoms with Crippen LogP contribution in [0.1, 0.15) is 28.3 Å². The fourth-order valence-corrected chi connectivity index (χ4v) is 1.31. The van der Waals surface area contributed by atoms with Gasteiger partial charge in [-0.2, -0.15) is 0 Å². The highest BCUT2D eigenvalue weighted by Crippen LogP contribution is 2.14. The number of hydrogen-bond acceptors (Lipinski definition) is 4. The van der Waals surface area contributed by atoms with Gasteiger partial charge >= 0.3 is 5.97 Å². The molecule has 0 fully saturated rings. The van der Waals surface area contributed by atoms with Crippen LogP contribution in [-0.2, 0) is 16.1 Å². The molecule has 0 aromatic carbocycles. The molecule has 94 valence electrons. The van der Waals surface area contributed by atoms with E-state index in [1.807, 2.05) is 0 Å². The second kappa shape index (κ2) is 6.05. The average Bonchev–Trinajstić information content (AvgIpc) is 2.65. The summed E-state index contributed by atoms with van der Waals surface area (Å²) in [6.07, 6.45) is 0.266. The van der Waals surface area contributed by atoms with Crippen LogP contribution < -0.4 is 5.32 Å². The van der Waals surface area contributed by atoms with Crippen molar-refractivity contribution >= 4 is 11.9 Å². The molecule has 1 amide bonds. The first-order valence-corrected chi connectivity index (χ1v) is 5.13. The molecule has 0 radical (unpaired) electrons. The van der Waals surface area contributed by atoms with Crippen LogP contribution in [0.5, 0.6) is 0 Å². The van der Waals surface area contributed by atoms with Crippen molar-refractivity contribution in [2.24, 2.45) is 0 Å². The van der Waals surface area contributed by atoms with E-state index in [4.69, 9.17) is 14.3 Å². The molecule has 0 saturated heterocycles. The fourth-order valence-electron chi connectivity index (χ4n) is 1.31. The normalized spacial score (nSPS) is 10.2. The second-order valence-corrected chi connectivity index (χ2v) is 3.51. The molecule has 0 aliphatic rings. The van der Waals surface area contributed by atoms with Gasteiger partial charge in [0.15, 0.2) is 0 Å². The van der Waals surface area contributed by atoms with E-state index in [-0.39, 0.29) is 24.4 Å². The maximum Gasteiger partial charge on any atom is 0.339 e. The molecular formula is C11H15NO5. The van der Waals surface area contributed by atoms with Crippen LogP contribution in [0.25, 0.3) is 0 Å². The van der Waals surface area contributed by atoms with E-state index in [0.717, 1.165) is 0 Å². The van der Waals surface area contributed by atoms with Gasteiger partial charge in [0, 0.05) is 13.5 Å². The number of carbonyl (C=O) groups is 2. The van der Waals surface area contributed by atoms with Crippen molar-refractivity contribution in [2.75, 3.05) is 13.7 Å². The minimum atomic E-state index is -1.04. The summed E-state index contributed by atoms with van der Waals surface area (Å²) in [5, 5.41) is 11.4. The lowest BCUT2D eigenvalue weighted by molar-refractivity contribution is -0.122. The Morgan fingerprint density at radius 2 is 2.24 bits per heavy atom. The molecule has 0 saturated carbocycles. The third-order valence-electron chi connectivity index (χ3n) is 2.19. The van der Waals surface area contributed by atoms with E-state index >= 15 is 0 Å². The summed E-state index contributed by atoms with van der Waals surface area (Å²) in [7, 11) is 1.52. The van der Waals surface area contributed by atoms with Gasteiger partial charge in [0.1, 0.15) is 17.1 Å². The lowest BCUT2D eigenvalue weighted by Gasteiger charge is -2.01. The zero-order valence-corrected chi connectivity index (χ0v) is 9.78. The monoisotopic (exact) mass is 241 g/mol. The Bertz CT molecular complexity index is 410. The Balaban J connectivity index is 2.50. The number of hydrogen-bond donors (Lipinski definition) is 2. The standard InChI is InChI=1S/C11H15NO5/c1-7-9(11(14)15)5-8(17-7)6-12-10(13)3-4-16-2/h5H,3-4,6H2,1-2H3,(H,12,13)(H,14,15). The van der Waals surface area contributed by atoms with E-state index < -0.39 is 5.97 Å². The highest BCUT2D eigenvalue weighted by Gasteiger charge is 2.13. The number of furan rings is 1. The van der Waals surface area contributed by atoms with Gasteiger partial charge in [0.25, 0.3) is 0 Å². The number of rotatable bonds is 6. The summed E-state index contributed by atoms with van der Waals surface area (Å²) in [5.41, 5.74) is 0.117. The average molecular weight is 241 g/mol. The number of aromatic carboxylic acids is 1. The number of nitrogens with one attached hydrogen (secondary N) is 1. The van der Waals surface area contributed by atoms with Crippen molar-refractivity contribution in [1.29, 1.82) is 0 Å². The highest BCUT2D eigenvalue weighted by atomic mass is 16.5. The number of amides is 1. The topological polar surface area (TPSA) is 88.8 Å². The van der Waals surface area contributed by atoms with Gasteiger partial charge in [-0.15, -0.1) is 0 Å². The molecule has 0 aliphatic heterocycles. The van der Waals surface area contributed by atoms with Gasteiger partial charge in [0.2, 0.25) is 5.91 Å². The molecule has 1 aromatic rings. The first-order chi connectivity index (χ1) is 8.04. The summed E-state index contributed by atoms with van der Waals surface area (Å²) in [4.78, 5) is 22.0. The van der Waals surface area contributed by atoms with Crippen LogP contribution in [0.4, 0.5) is 0 Å². The van der Waals surface area contributed by atoms with Crippen LogP contribution in [0.15, 0.2) is 10.5 Å². The Kier molecular flexibility index (Phi) is 4.71. The number of carboxylic acid groups (broad SMARTS) is 1. The maximum absolute atomic E-state index is 11.3. The predicted octanol–water partition coefficient (Wildman–Crippen LogP) is 0.939. The molecular weight excluding hydrogens is 226 g/mol. The third kappa shape index (κ3) is 3.92. The predicted molar refractivity (Wildman–Crippen MR) is 58.7 cm³/mol. The summed E-state index contributed by atoms with van der Waals surface area (Å²) >= 11 is 0. The molecule has 1 rings (SSSR count). The molecule has 0 bridgehead atoms. The van der Waals surface area contributed by atoms with Crippen LogP contribution >= 0.6 is 0 Å². The maximum atomic E-state index is 11.3. The number of aryl methyl sites for hydroxylation is 1. The van der Waals surface area contributed by atoms with Gasteiger partial charge < -0.3 is 19.6 Å². The van der Waals surface area contributed by atoms with Crippen LogP contribution in [-0.4, -0.2) is 30.7 Å². The molecule has 1 aromatic heterocycles. The van der Waals surface area contributed by atoms with E-state index in [1.54, 1.807) is 6.92 Å². The molecule has 2 N–H and O–H groups in total. The van der Waals surface area contributed by atoms with E-state index in [1.165, 1.54) is 13.2 Å². The number of methoxy groups -OCH3 is 1. The fraction of sp³-hybridized carbons (Fsp3) is 0.455. The van der Waals surface area contributed by atoms with E-state index in [9.17, 15) is 9.59 Å². The largest absolute Gasteiger partial charge is 0.478 e. The van der Waals surface area contributed by atoms with E-state index in [0.29, 0.717) is 18.1 Å². The Hall–Kier alpha value is -1.82. The first kappa shape index (κ1) is 13.2. The molecule has 0 unspecified atom stereocenters. The Morgan fingerprint density at radius 1 is 1.53 bits per heavy atom. The molecule has 0 aliphatic carbocycles. The zero-order chi connectivity index (χ0) is 12.8. The van der Waals surface area contributed by atoms with Crippen molar-refractivity contribution in [3.05, 3.63) is 23.2 Å². The Labute approximate surface area is 98.6 Å². The van der Waals surface area contributed by atoms with Crippen LogP contribution in [0, 0.1) is 6.92 Å². The number of ether oxygens (including phenoxy) is 1. The minimum Gasteiger partial charge on any atom is -0.478 e. The zero-order valence-electron chi connectivity index (χ0n) is 9.78. The highest BCUT2D eigenvalue weighted by molar-refractivity contribution is 5.88. The van der Waals surface area contributed by atoms with Gasteiger partial charge in [-0.25, -0.2) is 4.79 Å². The van der Waals surface area contributed by atoms with Crippen molar-refractivity contribution in [3.8, 4) is 0 Å². The molecule has 6 nitrogen and oxygen atoms in total. The van der Waals surface area contributed by atoms with Gasteiger partial charge in [-0.3, -0.25) is 4.79 Å². The summed E-state index contributed by atoms with van der Waals surface area (Å²) in [5.74, 6) is -0.453. The molecule has 1 heterocycles. The molecule has 17 heavy (non-hydrogen) atoms. The quantitative estimate of drug-likeness (QED) is 0.773.